The van der Waals surface area contributed by atoms with Crippen molar-refractivity contribution in [2.24, 2.45) is 11.7 Å². The Hall–Kier alpha value is -0.540. The monoisotopic (exact) mass is 428 g/mol. The quantitative estimate of drug-likeness (QED) is 0.776. The van der Waals surface area contributed by atoms with Gasteiger partial charge in [0.25, 0.3) is 0 Å². The molecule has 0 saturated carbocycles. The first-order valence-corrected chi connectivity index (χ1v) is 9.21. The molecular weight excluding hydrogens is 408 g/mol. The van der Waals surface area contributed by atoms with Gasteiger partial charge < -0.3 is 15.2 Å². The first-order chi connectivity index (χ1) is 10.3. The molecule has 0 spiro atoms. The van der Waals surface area contributed by atoms with Crippen LogP contribution in [0.2, 0.25) is 0 Å². The molecule has 0 aliphatic carbocycles. The van der Waals surface area contributed by atoms with E-state index in [-0.39, 0.29) is 29.3 Å². The Morgan fingerprint density at radius 2 is 1.87 bits per heavy atom. The van der Waals surface area contributed by atoms with Gasteiger partial charge in [-0.15, -0.1) is 12.4 Å². The van der Waals surface area contributed by atoms with Crippen molar-refractivity contribution in [1.82, 2.24) is 4.31 Å². The fourth-order valence-electron chi connectivity index (χ4n) is 2.57. The smallest absolute Gasteiger partial charge is 0.244 e. The van der Waals surface area contributed by atoms with Crippen LogP contribution in [0.4, 0.5) is 0 Å². The topological polar surface area (TPSA) is 81.9 Å². The van der Waals surface area contributed by atoms with Crippen LogP contribution in [0, 0.1) is 5.92 Å². The maximum Gasteiger partial charge on any atom is 0.244 e. The van der Waals surface area contributed by atoms with Crippen LogP contribution in [0.1, 0.15) is 13.3 Å². The molecule has 1 saturated heterocycles. The third kappa shape index (κ3) is 4.11. The Balaban J connectivity index is 0.00000264. The number of sulfonamides is 1. The fourth-order valence-corrected chi connectivity index (χ4v) is 5.08. The Morgan fingerprint density at radius 3 is 2.35 bits per heavy atom. The average Bonchev–Trinajstić information content (AvgIpc) is 2.97. The molecule has 1 aliphatic heterocycles. The van der Waals surface area contributed by atoms with Gasteiger partial charge in [0, 0.05) is 29.7 Å². The summed E-state index contributed by atoms with van der Waals surface area (Å²) in [4.78, 5) is 0.176. The van der Waals surface area contributed by atoms with Crippen LogP contribution in [0.5, 0.6) is 11.5 Å². The highest BCUT2D eigenvalue weighted by Crippen LogP contribution is 2.37. The van der Waals surface area contributed by atoms with E-state index in [0.717, 1.165) is 6.42 Å². The third-order valence-corrected chi connectivity index (χ3v) is 6.81. The van der Waals surface area contributed by atoms with E-state index in [9.17, 15) is 8.42 Å². The predicted octanol–water partition coefficient (Wildman–Crippen LogP) is 2.25. The standard InChI is InChI=1S/C14H21BrN2O4S.ClH/c1-9(16)10-4-5-17(8-10)22(18,19)14-7-13(21-3)12(20-2)6-11(14)15;/h6-7,9-10H,4-5,8,16H2,1-3H3;1H. The van der Waals surface area contributed by atoms with E-state index >= 15 is 0 Å². The van der Waals surface area contributed by atoms with Gasteiger partial charge in [-0.2, -0.15) is 4.31 Å². The molecule has 2 N–H and O–H groups in total. The molecule has 0 amide bonds. The van der Waals surface area contributed by atoms with Crippen molar-refractivity contribution in [1.29, 1.82) is 0 Å². The summed E-state index contributed by atoms with van der Waals surface area (Å²) < 4.78 is 38.0. The number of halogens is 2. The molecule has 6 nitrogen and oxygen atoms in total. The van der Waals surface area contributed by atoms with E-state index < -0.39 is 10.0 Å². The Bertz CT molecular complexity index is 654. The highest BCUT2D eigenvalue weighted by Gasteiger charge is 2.35. The molecular formula is C14H22BrClN2O4S. The second-order valence-corrected chi connectivity index (χ2v) is 8.17. The lowest BCUT2D eigenvalue weighted by molar-refractivity contribution is 0.353. The van der Waals surface area contributed by atoms with Gasteiger partial charge in [-0.05, 0) is 41.3 Å². The maximum atomic E-state index is 12.8. The zero-order valence-electron chi connectivity index (χ0n) is 13.3. The molecule has 1 heterocycles. The third-order valence-electron chi connectivity index (χ3n) is 3.99. The molecule has 1 aromatic carbocycles. The zero-order valence-corrected chi connectivity index (χ0v) is 16.5. The Kier molecular flexibility index (Phi) is 7.15. The molecule has 23 heavy (non-hydrogen) atoms. The molecule has 0 aromatic heterocycles. The van der Waals surface area contributed by atoms with Gasteiger partial charge in [0.1, 0.15) is 4.90 Å². The number of ether oxygens (including phenoxy) is 2. The van der Waals surface area contributed by atoms with Gasteiger partial charge in [-0.25, -0.2) is 8.42 Å². The van der Waals surface area contributed by atoms with Crippen LogP contribution in [-0.2, 0) is 10.0 Å². The largest absolute Gasteiger partial charge is 0.493 e. The normalized spacial score (nSPS) is 20.0. The molecule has 2 rings (SSSR count). The number of rotatable bonds is 5. The van der Waals surface area contributed by atoms with Crippen molar-refractivity contribution in [3.05, 3.63) is 16.6 Å². The molecule has 1 aliphatic rings. The Morgan fingerprint density at radius 1 is 1.30 bits per heavy atom. The molecule has 1 fully saturated rings. The number of nitrogens with two attached hydrogens (primary N) is 1. The number of methoxy groups -OCH3 is 2. The number of hydrogen-bond acceptors (Lipinski definition) is 5. The van der Waals surface area contributed by atoms with Crippen LogP contribution in [0.3, 0.4) is 0 Å². The summed E-state index contributed by atoms with van der Waals surface area (Å²) in [5, 5.41) is 0. The van der Waals surface area contributed by atoms with Crippen molar-refractivity contribution in [3.8, 4) is 11.5 Å². The van der Waals surface area contributed by atoms with Crippen molar-refractivity contribution in [2.75, 3.05) is 27.3 Å². The highest BCUT2D eigenvalue weighted by molar-refractivity contribution is 9.10. The van der Waals surface area contributed by atoms with Crippen LogP contribution in [0.25, 0.3) is 0 Å². The van der Waals surface area contributed by atoms with Gasteiger partial charge in [0.05, 0.1) is 14.2 Å². The molecule has 0 bridgehead atoms. The summed E-state index contributed by atoms with van der Waals surface area (Å²) in [7, 11) is -0.616. The lowest BCUT2D eigenvalue weighted by Gasteiger charge is -2.20. The average molecular weight is 430 g/mol. The lowest BCUT2D eigenvalue weighted by atomic mass is 10.0. The maximum absolute atomic E-state index is 12.8. The van der Waals surface area contributed by atoms with Gasteiger partial charge in [-0.1, -0.05) is 0 Å². The summed E-state index contributed by atoms with van der Waals surface area (Å²) in [6.07, 6.45) is 0.780. The summed E-state index contributed by atoms with van der Waals surface area (Å²) in [6.45, 7) is 2.84. The van der Waals surface area contributed by atoms with E-state index in [2.05, 4.69) is 15.9 Å². The van der Waals surface area contributed by atoms with Crippen LogP contribution >= 0.6 is 28.3 Å². The van der Waals surface area contributed by atoms with Gasteiger partial charge >= 0.3 is 0 Å². The van der Waals surface area contributed by atoms with E-state index in [1.165, 1.54) is 24.6 Å². The molecule has 2 unspecified atom stereocenters. The first kappa shape index (κ1) is 20.5. The second-order valence-electron chi connectivity index (χ2n) is 5.41. The van der Waals surface area contributed by atoms with Crippen molar-refractivity contribution in [3.63, 3.8) is 0 Å². The summed E-state index contributed by atoms with van der Waals surface area (Å²) in [6, 6.07) is 3.07. The first-order valence-electron chi connectivity index (χ1n) is 6.98. The molecule has 1 aromatic rings. The molecule has 2 atom stereocenters. The Labute approximate surface area is 151 Å². The number of hydrogen-bond donors (Lipinski definition) is 1. The zero-order chi connectivity index (χ0) is 16.5. The van der Waals surface area contributed by atoms with Crippen LogP contribution < -0.4 is 15.2 Å². The van der Waals surface area contributed by atoms with Crippen molar-refractivity contribution >= 4 is 38.4 Å². The fraction of sp³-hybridized carbons (Fsp3) is 0.571. The summed E-state index contributed by atoms with van der Waals surface area (Å²) in [5.74, 6) is 1.05. The summed E-state index contributed by atoms with van der Waals surface area (Å²) >= 11 is 3.31. The number of nitrogens with zero attached hydrogens (tertiary/aromatic N) is 1. The van der Waals surface area contributed by atoms with Crippen LogP contribution in [-0.4, -0.2) is 46.1 Å². The van der Waals surface area contributed by atoms with Gasteiger partial charge in [-0.3, -0.25) is 0 Å². The SMILES string of the molecule is COc1cc(Br)c(S(=O)(=O)N2CCC(C(C)N)C2)cc1OC.Cl. The minimum absolute atomic E-state index is 0. The molecule has 0 radical (unpaired) electrons. The minimum Gasteiger partial charge on any atom is -0.493 e. The predicted molar refractivity (Wildman–Crippen MR) is 95.0 cm³/mol. The number of benzene rings is 1. The van der Waals surface area contributed by atoms with E-state index in [0.29, 0.717) is 29.1 Å². The van der Waals surface area contributed by atoms with E-state index in [1.54, 1.807) is 6.07 Å². The molecule has 9 heteroatoms. The van der Waals surface area contributed by atoms with Crippen molar-refractivity contribution < 1.29 is 17.9 Å². The second kappa shape index (κ2) is 8.02. The van der Waals surface area contributed by atoms with Gasteiger partial charge in [0.15, 0.2) is 11.5 Å². The lowest BCUT2D eigenvalue weighted by Crippen LogP contribution is -2.33. The molecule has 132 valence electrons. The van der Waals surface area contributed by atoms with Crippen LogP contribution in [0.15, 0.2) is 21.5 Å². The minimum atomic E-state index is -3.60. The highest BCUT2D eigenvalue weighted by atomic mass is 79.9. The van der Waals surface area contributed by atoms with E-state index in [1.807, 2.05) is 6.92 Å². The van der Waals surface area contributed by atoms with E-state index in [4.69, 9.17) is 15.2 Å². The van der Waals surface area contributed by atoms with Gasteiger partial charge in [0.2, 0.25) is 10.0 Å². The van der Waals surface area contributed by atoms with Crippen molar-refractivity contribution in [2.45, 2.75) is 24.3 Å². The summed E-state index contributed by atoms with van der Waals surface area (Å²) in [5.41, 5.74) is 5.89.